The molecule has 0 bridgehead atoms. The summed E-state index contributed by atoms with van der Waals surface area (Å²) in [6.07, 6.45) is -1.07. The molecule has 96 valence electrons. The molecular weight excluding hydrogens is 243 g/mol. The van der Waals surface area contributed by atoms with Crippen molar-refractivity contribution in [2.75, 3.05) is 0 Å². The van der Waals surface area contributed by atoms with Gasteiger partial charge in [0, 0.05) is 18.7 Å². The minimum absolute atomic E-state index is 0.517. The first kappa shape index (κ1) is 12.7. The summed E-state index contributed by atoms with van der Waals surface area (Å²) in [5.74, 6) is 0. The predicted octanol–water partition coefficient (Wildman–Crippen LogP) is 3.59. The molecule has 0 fully saturated rings. The average molecular weight is 255 g/mol. The van der Waals surface area contributed by atoms with Crippen LogP contribution in [0.1, 0.15) is 16.7 Å². The van der Waals surface area contributed by atoms with E-state index in [1.54, 1.807) is 12.5 Å². The molecule has 2 rings (SSSR count). The second-order valence-electron chi connectivity index (χ2n) is 3.93. The van der Waals surface area contributed by atoms with Crippen LogP contribution in [0.3, 0.4) is 0 Å². The van der Waals surface area contributed by atoms with E-state index in [0.29, 0.717) is 13.1 Å². The molecule has 0 saturated carbocycles. The molecule has 1 heterocycles. The molecule has 1 aromatic heterocycles. The largest absolute Gasteiger partial charge is 0.472 e. The molecule has 1 N–H and O–H groups in total. The van der Waals surface area contributed by atoms with E-state index in [1.807, 2.05) is 6.07 Å². The SMILES string of the molecule is FC(F)(F)c1ccc(CNCc2ccoc2)cc1. The Kier molecular flexibility index (Phi) is 3.72. The molecule has 5 heteroatoms. The molecule has 0 amide bonds. The predicted molar refractivity (Wildman–Crippen MR) is 60.7 cm³/mol. The highest BCUT2D eigenvalue weighted by molar-refractivity contribution is 5.24. The van der Waals surface area contributed by atoms with Crippen molar-refractivity contribution in [3.05, 3.63) is 59.5 Å². The molecule has 1 aromatic carbocycles. The first-order valence-electron chi connectivity index (χ1n) is 5.43. The fraction of sp³-hybridized carbons (Fsp3) is 0.231. The van der Waals surface area contributed by atoms with Gasteiger partial charge in [-0.05, 0) is 23.8 Å². The van der Waals surface area contributed by atoms with E-state index in [1.165, 1.54) is 12.1 Å². The first-order valence-corrected chi connectivity index (χ1v) is 5.43. The summed E-state index contributed by atoms with van der Waals surface area (Å²) in [6.45, 7) is 1.14. The van der Waals surface area contributed by atoms with Crippen molar-refractivity contribution in [3.8, 4) is 0 Å². The molecule has 0 radical (unpaired) electrons. The standard InChI is InChI=1S/C13H12F3NO/c14-13(15,16)12-3-1-10(2-4-12)7-17-8-11-5-6-18-9-11/h1-6,9,17H,7-8H2. The Labute approximate surface area is 102 Å². The highest BCUT2D eigenvalue weighted by Crippen LogP contribution is 2.28. The molecule has 0 aliphatic heterocycles. The number of nitrogens with one attached hydrogen (secondary N) is 1. The number of rotatable bonds is 4. The van der Waals surface area contributed by atoms with Crippen molar-refractivity contribution in [2.24, 2.45) is 0 Å². The van der Waals surface area contributed by atoms with E-state index < -0.39 is 11.7 Å². The van der Waals surface area contributed by atoms with E-state index in [9.17, 15) is 13.2 Å². The molecule has 0 aliphatic rings. The molecule has 18 heavy (non-hydrogen) atoms. The van der Waals surface area contributed by atoms with E-state index in [2.05, 4.69) is 5.32 Å². The van der Waals surface area contributed by atoms with Gasteiger partial charge in [0.1, 0.15) is 0 Å². The maximum atomic E-state index is 12.3. The zero-order chi connectivity index (χ0) is 13.0. The topological polar surface area (TPSA) is 25.2 Å². The van der Waals surface area contributed by atoms with Crippen LogP contribution in [-0.2, 0) is 19.3 Å². The molecule has 0 atom stereocenters. The van der Waals surface area contributed by atoms with Crippen LogP contribution in [0.25, 0.3) is 0 Å². The summed E-state index contributed by atoms with van der Waals surface area (Å²) in [5.41, 5.74) is 1.19. The molecule has 0 aliphatic carbocycles. The van der Waals surface area contributed by atoms with Gasteiger partial charge in [-0.2, -0.15) is 13.2 Å². The molecule has 0 saturated heterocycles. The van der Waals surface area contributed by atoms with Crippen LogP contribution in [0.5, 0.6) is 0 Å². The number of alkyl halides is 3. The quantitative estimate of drug-likeness (QED) is 0.903. The third-order valence-corrected chi connectivity index (χ3v) is 2.52. The zero-order valence-electron chi connectivity index (χ0n) is 9.50. The van der Waals surface area contributed by atoms with Gasteiger partial charge in [0.25, 0.3) is 0 Å². The van der Waals surface area contributed by atoms with Crippen molar-refractivity contribution >= 4 is 0 Å². The summed E-state index contributed by atoms with van der Waals surface area (Å²) in [6, 6.07) is 6.97. The van der Waals surface area contributed by atoms with Gasteiger partial charge in [-0.15, -0.1) is 0 Å². The lowest BCUT2D eigenvalue weighted by Gasteiger charge is -2.08. The highest BCUT2D eigenvalue weighted by Gasteiger charge is 2.29. The third-order valence-electron chi connectivity index (χ3n) is 2.52. The summed E-state index contributed by atoms with van der Waals surface area (Å²) in [7, 11) is 0. The van der Waals surface area contributed by atoms with Crippen molar-refractivity contribution in [3.63, 3.8) is 0 Å². The highest BCUT2D eigenvalue weighted by atomic mass is 19.4. The molecule has 2 aromatic rings. The molecule has 0 spiro atoms. The number of benzene rings is 1. The van der Waals surface area contributed by atoms with Crippen molar-refractivity contribution in [1.29, 1.82) is 0 Å². The Morgan fingerprint density at radius 3 is 2.17 bits per heavy atom. The van der Waals surface area contributed by atoms with Crippen molar-refractivity contribution in [1.82, 2.24) is 5.32 Å². The van der Waals surface area contributed by atoms with Crippen LogP contribution in [0.15, 0.2) is 47.3 Å². The van der Waals surface area contributed by atoms with E-state index in [0.717, 1.165) is 23.3 Å². The van der Waals surface area contributed by atoms with E-state index in [-0.39, 0.29) is 0 Å². The molecule has 0 unspecified atom stereocenters. The van der Waals surface area contributed by atoms with E-state index in [4.69, 9.17) is 4.42 Å². The Bertz CT molecular complexity index is 474. The average Bonchev–Trinajstić information content (AvgIpc) is 2.82. The number of hydrogen-bond acceptors (Lipinski definition) is 2. The Morgan fingerprint density at radius 1 is 0.944 bits per heavy atom. The van der Waals surface area contributed by atoms with E-state index >= 15 is 0 Å². The Morgan fingerprint density at radius 2 is 1.61 bits per heavy atom. The van der Waals surface area contributed by atoms with Gasteiger partial charge in [-0.3, -0.25) is 0 Å². The van der Waals surface area contributed by atoms with Crippen LogP contribution in [0.2, 0.25) is 0 Å². The maximum Gasteiger partial charge on any atom is 0.416 e. The summed E-state index contributed by atoms with van der Waals surface area (Å²) >= 11 is 0. The van der Waals surface area contributed by atoms with Crippen molar-refractivity contribution < 1.29 is 17.6 Å². The Balaban J connectivity index is 1.87. The van der Waals surface area contributed by atoms with Crippen molar-refractivity contribution in [2.45, 2.75) is 19.3 Å². The maximum absolute atomic E-state index is 12.3. The van der Waals surface area contributed by atoms with Gasteiger partial charge in [0.15, 0.2) is 0 Å². The summed E-state index contributed by atoms with van der Waals surface area (Å²) in [5, 5.41) is 3.12. The number of halogens is 3. The fourth-order valence-electron chi connectivity index (χ4n) is 1.56. The lowest BCUT2D eigenvalue weighted by molar-refractivity contribution is -0.137. The van der Waals surface area contributed by atoms with Gasteiger partial charge in [-0.1, -0.05) is 12.1 Å². The lowest BCUT2D eigenvalue weighted by Crippen LogP contribution is -2.12. The van der Waals surface area contributed by atoms with Gasteiger partial charge in [-0.25, -0.2) is 0 Å². The van der Waals surface area contributed by atoms with Crippen LogP contribution in [0, 0.1) is 0 Å². The minimum atomic E-state index is -4.28. The second kappa shape index (κ2) is 5.27. The Hall–Kier alpha value is -1.75. The fourth-order valence-corrected chi connectivity index (χ4v) is 1.56. The smallest absolute Gasteiger partial charge is 0.416 e. The zero-order valence-corrected chi connectivity index (χ0v) is 9.50. The normalized spacial score (nSPS) is 11.7. The number of hydrogen-bond donors (Lipinski definition) is 1. The van der Waals surface area contributed by atoms with Crippen LogP contribution >= 0.6 is 0 Å². The van der Waals surface area contributed by atoms with Crippen LogP contribution in [-0.4, -0.2) is 0 Å². The van der Waals surface area contributed by atoms with Gasteiger partial charge >= 0.3 is 6.18 Å². The van der Waals surface area contributed by atoms with Crippen LogP contribution < -0.4 is 5.32 Å². The molecular formula is C13H12F3NO. The monoisotopic (exact) mass is 255 g/mol. The first-order chi connectivity index (χ1) is 8.55. The number of furan rings is 1. The van der Waals surface area contributed by atoms with Gasteiger partial charge in [0.05, 0.1) is 18.1 Å². The molecule has 2 nitrogen and oxygen atoms in total. The minimum Gasteiger partial charge on any atom is -0.472 e. The van der Waals surface area contributed by atoms with Gasteiger partial charge < -0.3 is 9.73 Å². The third kappa shape index (κ3) is 3.37. The lowest BCUT2D eigenvalue weighted by atomic mass is 10.1. The summed E-state index contributed by atoms with van der Waals surface area (Å²) in [4.78, 5) is 0. The van der Waals surface area contributed by atoms with Crippen LogP contribution in [0.4, 0.5) is 13.2 Å². The van der Waals surface area contributed by atoms with Gasteiger partial charge in [0.2, 0.25) is 0 Å². The second-order valence-corrected chi connectivity index (χ2v) is 3.93. The summed E-state index contributed by atoms with van der Waals surface area (Å²) < 4.78 is 41.9.